The van der Waals surface area contributed by atoms with Crippen LogP contribution < -0.4 is 10.6 Å². The summed E-state index contributed by atoms with van der Waals surface area (Å²) >= 11 is 0. The molecule has 32 heavy (non-hydrogen) atoms. The van der Waals surface area contributed by atoms with Gasteiger partial charge in [0.2, 0.25) is 0 Å². The van der Waals surface area contributed by atoms with Gasteiger partial charge in [-0.25, -0.2) is 4.79 Å². The van der Waals surface area contributed by atoms with E-state index in [9.17, 15) is 9.36 Å². The Morgan fingerprint density at radius 3 is 1.59 bits per heavy atom. The lowest BCUT2D eigenvalue weighted by Crippen LogP contribution is -2.21. The third-order valence-electron chi connectivity index (χ3n) is 5.48. The van der Waals surface area contributed by atoms with E-state index in [1.165, 1.54) is 0 Å². The zero-order valence-electron chi connectivity index (χ0n) is 17.7. The Balaban J connectivity index is 1.63. The molecule has 0 saturated heterocycles. The van der Waals surface area contributed by atoms with Crippen molar-refractivity contribution in [2.45, 2.75) is 12.5 Å². The van der Waals surface area contributed by atoms with Crippen molar-refractivity contribution in [1.29, 1.82) is 0 Å². The second-order valence-corrected chi connectivity index (χ2v) is 10.6. The first-order valence-electron chi connectivity index (χ1n) is 10.7. The molecule has 0 amide bonds. The summed E-state index contributed by atoms with van der Waals surface area (Å²) in [6, 6.07) is 37.8. The van der Waals surface area contributed by atoms with Crippen LogP contribution in [0.3, 0.4) is 0 Å². The summed E-state index contributed by atoms with van der Waals surface area (Å²) in [6.07, 6.45) is 0.344. The normalized spacial score (nSPS) is 12.1. The standard InChI is InChI=1S/C28H25O3P/c29-28(24-15-7-2-8-16-24)31-27(23-13-5-1-6-14-23)21-22-32(30,25-17-9-3-10-18-25)26-19-11-4-12-20-26/h1-20,27H,21-22H2. The first kappa shape index (κ1) is 21.8. The summed E-state index contributed by atoms with van der Waals surface area (Å²) in [5.41, 5.74) is 1.40. The monoisotopic (exact) mass is 440 g/mol. The van der Waals surface area contributed by atoms with E-state index < -0.39 is 13.2 Å². The van der Waals surface area contributed by atoms with E-state index >= 15 is 0 Å². The average molecular weight is 440 g/mol. The Labute approximate surface area is 189 Å². The van der Waals surface area contributed by atoms with Gasteiger partial charge in [-0.15, -0.1) is 0 Å². The molecule has 0 aliphatic carbocycles. The van der Waals surface area contributed by atoms with Gasteiger partial charge in [-0.05, 0) is 24.1 Å². The first-order chi connectivity index (χ1) is 15.7. The Morgan fingerprint density at radius 2 is 1.09 bits per heavy atom. The van der Waals surface area contributed by atoms with Gasteiger partial charge in [0.05, 0.1) is 5.56 Å². The summed E-state index contributed by atoms with van der Waals surface area (Å²) < 4.78 is 20.3. The van der Waals surface area contributed by atoms with Crippen molar-refractivity contribution < 1.29 is 14.1 Å². The Kier molecular flexibility index (Phi) is 6.99. The molecule has 0 aromatic heterocycles. The molecule has 4 rings (SSSR count). The van der Waals surface area contributed by atoms with Gasteiger partial charge in [0.1, 0.15) is 13.2 Å². The topological polar surface area (TPSA) is 43.4 Å². The van der Waals surface area contributed by atoms with E-state index in [1.807, 2.05) is 109 Å². The van der Waals surface area contributed by atoms with Gasteiger partial charge in [0.15, 0.2) is 0 Å². The number of benzene rings is 4. The molecule has 1 atom stereocenters. The lowest BCUT2D eigenvalue weighted by Gasteiger charge is -2.23. The predicted molar refractivity (Wildman–Crippen MR) is 130 cm³/mol. The van der Waals surface area contributed by atoms with Crippen molar-refractivity contribution in [3.63, 3.8) is 0 Å². The third-order valence-corrected chi connectivity index (χ3v) is 8.64. The van der Waals surface area contributed by atoms with E-state index in [-0.39, 0.29) is 5.97 Å². The summed E-state index contributed by atoms with van der Waals surface area (Å²) in [5, 5.41) is 1.62. The zero-order chi connectivity index (χ0) is 22.2. The van der Waals surface area contributed by atoms with Crippen LogP contribution in [0.4, 0.5) is 0 Å². The predicted octanol–water partition coefficient (Wildman–Crippen LogP) is 5.99. The fraction of sp³-hybridized carbons (Fsp3) is 0.107. The first-order valence-corrected chi connectivity index (χ1v) is 12.6. The van der Waals surface area contributed by atoms with Crippen LogP contribution in [0.1, 0.15) is 28.4 Å². The highest BCUT2D eigenvalue weighted by atomic mass is 31.2. The quantitative estimate of drug-likeness (QED) is 0.250. The molecule has 0 radical (unpaired) electrons. The largest absolute Gasteiger partial charge is 0.454 e. The average Bonchev–Trinajstić information content (AvgIpc) is 2.88. The van der Waals surface area contributed by atoms with Gasteiger partial charge >= 0.3 is 5.97 Å². The SMILES string of the molecule is O=C(OC(CCP(=O)(c1ccccc1)c1ccccc1)c1ccccc1)c1ccccc1. The third kappa shape index (κ3) is 5.07. The molecule has 160 valence electrons. The van der Waals surface area contributed by atoms with Gasteiger partial charge in [-0.1, -0.05) is 109 Å². The number of hydrogen-bond donors (Lipinski definition) is 0. The molecular weight excluding hydrogens is 415 g/mol. The maximum absolute atomic E-state index is 14.4. The van der Waals surface area contributed by atoms with Crippen LogP contribution in [0.5, 0.6) is 0 Å². The van der Waals surface area contributed by atoms with E-state index in [2.05, 4.69) is 0 Å². The molecule has 4 aromatic rings. The lowest BCUT2D eigenvalue weighted by molar-refractivity contribution is 0.0289. The molecule has 4 aromatic carbocycles. The summed E-state index contributed by atoms with van der Waals surface area (Å²) in [5.74, 6) is -0.381. The Morgan fingerprint density at radius 1 is 0.656 bits per heavy atom. The number of hydrogen-bond acceptors (Lipinski definition) is 3. The molecule has 3 nitrogen and oxygen atoms in total. The van der Waals surface area contributed by atoms with Crippen molar-refractivity contribution in [1.82, 2.24) is 0 Å². The highest BCUT2D eigenvalue weighted by molar-refractivity contribution is 7.78. The fourth-order valence-electron chi connectivity index (χ4n) is 3.78. The smallest absolute Gasteiger partial charge is 0.338 e. The van der Waals surface area contributed by atoms with Crippen LogP contribution in [-0.2, 0) is 9.30 Å². The zero-order valence-corrected chi connectivity index (χ0v) is 18.6. The summed E-state index contributed by atoms with van der Waals surface area (Å²) in [6.45, 7) is 0. The lowest BCUT2D eigenvalue weighted by atomic mass is 10.1. The van der Waals surface area contributed by atoms with E-state index in [0.717, 1.165) is 16.2 Å². The maximum atomic E-state index is 14.4. The molecular formula is C28H25O3P. The van der Waals surface area contributed by atoms with E-state index in [1.54, 1.807) is 12.1 Å². The molecule has 0 fully saturated rings. The van der Waals surface area contributed by atoms with Crippen molar-refractivity contribution in [3.8, 4) is 0 Å². The maximum Gasteiger partial charge on any atom is 0.338 e. The second-order valence-electron chi connectivity index (χ2n) is 7.59. The molecule has 0 N–H and O–H groups in total. The minimum absolute atomic E-state index is 0.381. The van der Waals surface area contributed by atoms with Crippen LogP contribution in [0, 0.1) is 0 Å². The molecule has 0 aliphatic rings. The van der Waals surface area contributed by atoms with Crippen LogP contribution in [0.2, 0.25) is 0 Å². The minimum Gasteiger partial charge on any atom is -0.454 e. The number of ether oxygens (including phenoxy) is 1. The molecule has 1 unspecified atom stereocenters. The van der Waals surface area contributed by atoms with Gasteiger partial charge < -0.3 is 9.30 Å². The molecule has 0 saturated carbocycles. The van der Waals surface area contributed by atoms with Gasteiger partial charge in [0.25, 0.3) is 0 Å². The second kappa shape index (κ2) is 10.3. The number of carbonyl (C=O) groups excluding carboxylic acids is 1. The number of rotatable bonds is 8. The van der Waals surface area contributed by atoms with Gasteiger partial charge in [-0.3, -0.25) is 0 Å². The van der Waals surface area contributed by atoms with Crippen molar-refractivity contribution in [3.05, 3.63) is 132 Å². The highest BCUT2D eigenvalue weighted by Gasteiger charge is 2.29. The summed E-state index contributed by atoms with van der Waals surface area (Å²) in [4.78, 5) is 12.8. The molecule has 0 spiro atoms. The van der Waals surface area contributed by atoms with Crippen molar-refractivity contribution in [2.24, 2.45) is 0 Å². The minimum atomic E-state index is -2.91. The number of esters is 1. The van der Waals surface area contributed by atoms with Crippen molar-refractivity contribution in [2.75, 3.05) is 6.16 Å². The van der Waals surface area contributed by atoms with Gasteiger partial charge in [0, 0.05) is 16.8 Å². The molecule has 4 heteroatoms. The van der Waals surface area contributed by atoms with Crippen LogP contribution in [-0.4, -0.2) is 12.1 Å². The number of carbonyl (C=O) groups is 1. The Bertz CT molecular complexity index is 1130. The molecule has 0 bridgehead atoms. The molecule has 0 aliphatic heterocycles. The van der Waals surface area contributed by atoms with Gasteiger partial charge in [-0.2, -0.15) is 0 Å². The Hall–Kier alpha value is -3.42. The summed E-state index contributed by atoms with van der Waals surface area (Å²) in [7, 11) is -2.91. The molecule has 0 heterocycles. The van der Waals surface area contributed by atoms with Crippen LogP contribution in [0.15, 0.2) is 121 Å². The van der Waals surface area contributed by atoms with E-state index in [4.69, 9.17) is 4.74 Å². The van der Waals surface area contributed by atoms with Crippen molar-refractivity contribution >= 4 is 23.7 Å². The highest BCUT2D eigenvalue weighted by Crippen LogP contribution is 2.45. The van der Waals surface area contributed by atoms with Crippen LogP contribution in [0.25, 0.3) is 0 Å². The van der Waals surface area contributed by atoms with Crippen LogP contribution >= 0.6 is 7.14 Å². The fourth-order valence-corrected chi connectivity index (χ4v) is 6.50. The van der Waals surface area contributed by atoms with E-state index in [0.29, 0.717) is 18.1 Å².